The van der Waals surface area contributed by atoms with Crippen LogP contribution in [0.2, 0.25) is 0 Å². The van der Waals surface area contributed by atoms with Gasteiger partial charge < -0.3 is 5.73 Å². The van der Waals surface area contributed by atoms with Gasteiger partial charge in [0.25, 0.3) is 0 Å². The highest BCUT2D eigenvalue weighted by molar-refractivity contribution is 7.10. The van der Waals surface area contributed by atoms with Crippen LogP contribution < -0.4 is 5.73 Å². The van der Waals surface area contributed by atoms with Crippen molar-refractivity contribution < 1.29 is 17.6 Å². The standard InChI is InChI=1S/C13H11F4NS/c1-7-4-5-19-12(7)11(18)9-6-8(14)2-3-10(9)13(15,16)17/h2-6,11H,18H2,1H3. The highest BCUT2D eigenvalue weighted by Crippen LogP contribution is 2.37. The zero-order chi connectivity index (χ0) is 14.2. The van der Waals surface area contributed by atoms with Crippen LogP contribution in [0.4, 0.5) is 17.6 Å². The normalized spacial score (nSPS) is 13.6. The van der Waals surface area contributed by atoms with Crippen molar-refractivity contribution in [3.63, 3.8) is 0 Å². The van der Waals surface area contributed by atoms with Crippen molar-refractivity contribution in [1.82, 2.24) is 0 Å². The molecule has 1 aromatic heterocycles. The predicted molar refractivity (Wildman–Crippen MR) is 66.5 cm³/mol. The largest absolute Gasteiger partial charge is 0.416 e. The molecule has 0 aliphatic heterocycles. The average Bonchev–Trinajstić information content (AvgIpc) is 2.72. The molecule has 2 N–H and O–H groups in total. The summed E-state index contributed by atoms with van der Waals surface area (Å²) in [7, 11) is 0. The Kier molecular flexibility index (Phi) is 3.64. The molecule has 1 unspecified atom stereocenters. The second-order valence-electron chi connectivity index (χ2n) is 4.17. The molecule has 0 bridgehead atoms. The lowest BCUT2D eigenvalue weighted by Gasteiger charge is -2.18. The van der Waals surface area contributed by atoms with Gasteiger partial charge in [-0.1, -0.05) is 0 Å². The first kappa shape index (κ1) is 14.0. The summed E-state index contributed by atoms with van der Waals surface area (Å²) in [6.07, 6.45) is -4.55. The summed E-state index contributed by atoms with van der Waals surface area (Å²) in [5, 5.41) is 1.75. The number of thiophene rings is 1. The molecule has 1 nitrogen and oxygen atoms in total. The van der Waals surface area contributed by atoms with Gasteiger partial charge in [-0.25, -0.2) is 4.39 Å². The molecule has 1 heterocycles. The van der Waals surface area contributed by atoms with Gasteiger partial charge in [0.15, 0.2) is 0 Å². The Labute approximate surface area is 111 Å². The number of aryl methyl sites for hydroxylation is 1. The molecule has 19 heavy (non-hydrogen) atoms. The van der Waals surface area contributed by atoms with Crippen LogP contribution in [0, 0.1) is 12.7 Å². The molecule has 0 saturated heterocycles. The van der Waals surface area contributed by atoms with Gasteiger partial charge in [-0.2, -0.15) is 13.2 Å². The zero-order valence-corrected chi connectivity index (χ0v) is 10.8. The number of hydrogen-bond donors (Lipinski definition) is 1. The summed E-state index contributed by atoms with van der Waals surface area (Å²) in [6, 6.07) is 3.17. The molecule has 1 atom stereocenters. The van der Waals surface area contributed by atoms with Crippen LogP contribution in [-0.2, 0) is 6.18 Å². The van der Waals surface area contributed by atoms with Gasteiger partial charge in [0.1, 0.15) is 5.82 Å². The molecule has 6 heteroatoms. The second-order valence-corrected chi connectivity index (χ2v) is 5.12. The summed E-state index contributed by atoms with van der Waals surface area (Å²) in [5.41, 5.74) is 5.54. The average molecular weight is 289 g/mol. The van der Waals surface area contributed by atoms with Crippen molar-refractivity contribution in [2.75, 3.05) is 0 Å². The van der Waals surface area contributed by atoms with Gasteiger partial charge in [-0.15, -0.1) is 11.3 Å². The van der Waals surface area contributed by atoms with Gasteiger partial charge in [0.2, 0.25) is 0 Å². The van der Waals surface area contributed by atoms with E-state index in [4.69, 9.17) is 5.73 Å². The third kappa shape index (κ3) is 2.79. The van der Waals surface area contributed by atoms with Crippen molar-refractivity contribution in [1.29, 1.82) is 0 Å². The third-order valence-electron chi connectivity index (χ3n) is 2.84. The summed E-state index contributed by atoms with van der Waals surface area (Å²) >= 11 is 1.26. The quantitative estimate of drug-likeness (QED) is 0.821. The van der Waals surface area contributed by atoms with Crippen LogP contribution in [0.3, 0.4) is 0 Å². The minimum atomic E-state index is -4.55. The van der Waals surface area contributed by atoms with E-state index in [2.05, 4.69) is 0 Å². The van der Waals surface area contributed by atoms with Crippen LogP contribution in [0.5, 0.6) is 0 Å². The first-order valence-electron chi connectivity index (χ1n) is 5.47. The van der Waals surface area contributed by atoms with Crippen molar-refractivity contribution in [3.05, 3.63) is 57.0 Å². The number of nitrogens with two attached hydrogens (primary N) is 1. The molecule has 0 saturated carbocycles. The highest BCUT2D eigenvalue weighted by atomic mass is 32.1. The number of rotatable bonds is 2. The lowest BCUT2D eigenvalue weighted by molar-refractivity contribution is -0.138. The second kappa shape index (κ2) is 4.94. The molecule has 2 rings (SSSR count). The summed E-state index contributed by atoms with van der Waals surface area (Å²) < 4.78 is 51.9. The number of halogens is 4. The molecule has 0 aliphatic carbocycles. The summed E-state index contributed by atoms with van der Waals surface area (Å²) in [6.45, 7) is 1.76. The van der Waals surface area contributed by atoms with Crippen LogP contribution >= 0.6 is 11.3 Å². The van der Waals surface area contributed by atoms with E-state index in [9.17, 15) is 17.6 Å². The summed E-state index contributed by atoms with van der Waals surface area (Å²) in [4.78, 5) is 0.608. The van der Waals surface area contributed by atoms with Crippen molar-refractivity contribution in [2.45, 2.75) is 19.1 Å². The van der Waals surface area contributed by atoms with Gasteiger partial charge in [0, 0.05) is 4.88 Å². The fraction of sp³-hybridized carbons (Fsp3) is 0.231. The van der Waals surface area contributed by atoms with Crippen molar-refractivity contribution in [2.24, 2.45) is 5.73 Å². The maximum atomic E-state index is 13.2. The van der Waals surface area contributed by atoms with E-state index in [1.54, 1.807) is 18.4 Å². The number of alkyl halides is 3. The Morgan fingerprint density at radius 2 is 1.89 bits per heavy atom. The predicted octanol–water partition coefficient (Wildman–Crippen LogP) is 4.26. The molecule has 102 valence electrons. The minimum absolute atomic E-state index is 0.238. The Bertz CT molecular complexity index is 589. The molecule has 0 fully saturated rings. The first-order valence-corrected chi connectivity index (χ1v) is 6.35. The van der Waals surface area contributed by atoms with Crippen molar-refractivity contribution >= 4 is 11.3 Å². The van der Waals surface area contributed by atoms with Gasteiger partial charge in [0.05, 0.1) is 11.6 Å². The van der Waals surface area contributed by atoms with Crippen molar-refractivity contribution in [3.8, 4) is 0 Å². The smallest absolute Gasteiger partial charge is 0.320 e. The lowest BCUT2D eigenvalue weighted by Crippen LogP contribution is -2.18. The Balaban J connectivity index is 2.55. The Hall–Kier alpha value is -1.40. The highest BCUT2D eigenvalue weighted by Gasteiger charge is 2.35. The Morgan fingerprint density at radius 3 is 2.42 bits per heavy atom. The van der Waals surface area contributed by atoms with E-state index in [0.717, 1.165) is 23.8 Å². The van der Waals surface area contributed by atoms with Gasteiger partial charge in [-0.3, -0.25) is 0 Å². The van der Waals surface area contributed by atoms with E-state index < -0.39 is 23.6 Å². The van der Waals surface area contributed by atoms with E-state index in [1.807, 2.05) is 0 Å². The first-order chi connectivity index (χ1) is 8.80. The maximum absolute atomic E-state index is 13.2. The number of benzene rings is 1. The molecule has 0 spiro atoms. The van der Waals surface area contributed by atoms with E-state index in [0.29, 0.717) is 4.88 Å². The number of hydrogen-bond acceptors (Lipinski definition) is 2. The molecule has 0 radical (unpaired) electrons. The van der Waals surface area contributed by atoms with E-state index >= 15 is 0 Å². The van der Waals surface area contributed by atoms with Crippen LogP contribution in [0.1, 0.15) is 27.6 Å². The topological polar surface area (TPSA) is 26.0 Å². The molecule has 0 amide bonds. The molecule has 1 aromatic carbocycles. The minimum Gasteiger partial charge on any atom is -0.320 e. The fourth-order valence-electron chi connectivity index (χ4n) is 1.89. The third-order valence-corrected chi connectivity index (χ3v) is 3.94. The van der Waals surface area contributed by atoms with Crippen LogP contribution in [0.25, 0.3) is 0 Å². The van der Waals surface area contributed by atoms with Crippen LogP contribution in [0.15, 0.2) is 29.6 Å². The molecule has 0 aliphatic rings. The lowest BCUT2D eigenvalue weighted by atomic mass is 9.97. The summed E-state index contributed by atoms with van der Waals surface area (Å²) in [5.74, 6) is -0.729. The fourth-order valence-corrected chi connectivity index (χ4v) is 2.84. The Morgan fingerprint density at radius 1 is 1.21 bits per heavy atom. The molecule has 2 aromatic rings. The van der Waals surface area contributed by atoms with Gasteiger partial charge >= 0.3 is 6.18 Å². The van der Waals surface area contributed by atoms with E-state index in [1.165, 1.54) is 11.3 Å². The maximum Gasteiger partial charge on any atom is 0.416 e. The SMILES string of the molecule is Cc1ccsc1C(N)c1cc(F)ccc1C(F)(F)F. The van der Waals surface area contributed by atoms with Gasteiger partial charge in [-0.05, 0) is 47.7 Å². The zero-order valence-electron chi connectivity index (χ0n) is 9.96. The van der Waals surface area contributed by atoms with Crippen LogP contribution in [-0.4, -0.2) is 0 Å². The van der Waals surface area contributed by atoms with E-state index in [-0.39, 0.29) is 5.56 Å². The molecular weight excluding hydrogens is 278 g/mol. The monoisotopic (exact) mass is 289 g/mol. The molecular formula is C13H11F4NS.